The summed E-state index contributed by atoms with van der Waals surface area (Å²) in [5.74, 6) is 1.24. The van der Waals surface area contributed by atoms with Crippen molar-refractivity contribution in [2.24, 2.45) is 4.99 Å². The monoisotopic (exact) mass is 421 g/mol. The molecule has 156 valence electrons. The molecule has 0 unspecified atom stereocenters. The molecule has 2 aromatic heterocycles. The number of ether oxygens (including phenoxy) is 1. The van der Waals surface area contributed by atoms with Gasteiger partial charge in [0, 0.05) is 22.6 Å². The smallest absolute Gasteiger partial charge is 0.253 e. The van der Waals surface area contributed by atoms with Gasteiger partial charge in [-0.1, -0.05) is 18.2 Å². The van der Waals surface area contributed by atoms with E-state index < -0.39 is 0 Å². The molecule has 3 aromatic carbocycles. The van der Waals surface area contributed by atoms with Crippen molar-refractivity contribution < 1.29 is 14.3 Å². The van der Waals surface area contributed by atoms with Crippen LogP contribution in [0.25, 0.3) is 33.5 Å². The molecule has 0 saturated heterocycles. The van der Waals surface area contributed by atoms with Gasteiger partial charge < -0.3 is 14.3 Å². The molecule has 0 bridgehead atoms. The second-order valence-electron chi connectivity index (χ2n) is 7.14. The average molecular weight is 421 g/mol. The molecule has 5 aromatic rings. The summed E-state index contributed by atoms with van der Waals surface area (Å²) in [5, 5.41) is 10.6. The number of nitrogens with zero attached hydrogens (tertiary/aromatic N) is 3. The van der Waals surface area contributed by atoms with Crippen LogP contribution in [0.4, 0.5) is 5.95 Å². The fourth-order valence-corrected chi connectivity index (χ4v) is 3.35. The Morgan fingerprint density at radius 2 is 1.44 bits per heavy atom. The molecule has 1 N–H and O–H groups in total. The lowest BCUT2D eigenvalue weighted by Gasteiger charge is -2.07. The minimum Gasteiger partial charge on any atom is -0.508 e. The first-order valence-electron chi connectivity index (χ1n) is 10.0. The van der Waals surface area contributed by atoms with Crippen molar-refractivity contribution in [3.05, 3.63) is 96.5 Å². The van der Waals surface area contributed by atoms with E-state index in [1.807, 2.05) is 60.7 Å². The number of benzene rings is 3. The van der Waals surface area contributed by atoms with Crippen LogP contribution in [0, 0.1) is 0 Å². The number of hydrogen-bond donors (Lipinski definition) is 1. The van der Waals surface area contributed by atoms with Gasteiger partial charge in [-0.2, -0.15) is 4.99 Å². The van der Waals surface area contributed by atoms with E-state index in [0.717, 1.165) is 27.8 Å². The lowest BCUT2D eigenvalue weighted by Crippen LogP contribution is -2.00. The Bertz CT molecular complexity index is 1460. The average Bonchev–Trinajstić information content (AvgIpc) is 2.84. The maximum Gasteiger partial charge on any atom is 0.253 e. The summed E-state index contributed by atoms with van der Waals surface area (Å²) < 4.78 is 11.2. The van der Waals surface area contributed by atoms with E-state index in [4.69, 9.17) is 9.15 Å². The van der Waals surface area contributed by atoms with Gasteiger partial charge in [0.15, 0.2) is 0 Å². The number of rotatable bonds is 4. The number of para-hydroxylation sites is 1. The molecule has 0 aliphatic heterocycles. The number of fused-ring (bicyclic) bond motifs is 1. The Kier molecular flexibility index (Phi) is 5.09. The SMILES string of the molecule is COc1ccc(-c2cc(-c3ccc(O)cc3)nc(/N=c3\ccc4ccccc4o3)n2)cc1. The first kappa shape index (κ1) is 19.5. The third-order valence-corrected chi connectivity index (χ3v) is 5.01. The zero-order valence-corrected chi connectivity index (χ0v) is 17.3. The van der Waals surface area contributed by atoms with E-state index in [9.17, 15) is 5.11 Å². The summed E-state index contributed by atoms with van der Waals surface area (Å²) in [6, 6.07) is 27.9. The Labute approximate surface area is 184 Å². The standard InChI is InChI=1S/C26H19N3O3/c1-31-21-13-8-18(9-14-21)23-16-22(17-6-11-20(30)12-7-17)27-26(28-23)29-25-15-10-19-4-2-3-5-24(19)32-25/h2-16,30H,1H3/b29-25+. The van der Waals surface area contributed by atoms with Crippen LogP contribution in [0.5, 0.6) is 11.5 Å². The topological polar surface area (TPSA) is 80.7 Å². The van der Waals surface area contributed by atoms with E-state index in [0.29, 0.717) is 16.9 Å². The van der Waals surface area contributed by atoms with Gasteiger partial charge in [0.2, 0.25) is 5.55 Å². The zero-order valence-electron chi connectivity index (χ0n) is 17.3. The van der Waals surface area contributed by atoms with E-state index in [-0.39, 0.29) is 11.7 Å². The Morgan fingerprint density at radius 3 is 2.12 bits per heavy atom. The summed E-state index contributed by atoms with van der Waals surface area (Å²) in [7, 11) is 1.63. The molecule has 0 fully saturated rings. The highest BCUT2D eigenvalue weighted by Crippen LogP contribution is 2.28. The van der Waals surface area contributed by atoms with Crippen molar-refractivity contribution in [2.75, 3.05) is 7.11 Å². The third kappa shape index (κ3) is 4.06. The number of aromatic nitrogens is 2. The van der Waals surface area contributed by atoms with Crippen molar-refractivity contribution in [1.29, 1.82) is 0 Å². The van der Waals surface area contributed by atoms with E-state index in [1.165, 1.54) is 0 Å². The van der Waals surface area contributed by atoms with E-state index in [1.54, 1.807) is 37.4 Å². The highest BCUT2D eigenvalue weighted by Gasteiger charge is 2.09. The number of methoxy groups -OCH3 is 1. The van der Waals surface area contributed by atoms with Gasteiger partial charge in [0.25, 0.3) is 5.95 Å². The number of phenols is 1. The predicted molar refractivity (Wildman–Crippen MR) is 123 cm³/mol. The second-order valence-corrected chi connectivity index (χ2v) is 7.14. The molecule has 32 heavy (non-hydrogen) atoms. The van der Waals surface area contributed by atoms with Gasteiger partial charge in [-0.05, 0) is 66.7 Å². The summed E-state index contributed by atoms with van der Waals surface area (Å²) >= 11 is 0. The summed E-state index contributed by atoms with van der Waals surface area (Å²) in [6.07, 6.45) is 0. The summed E-state index contributed by atoms with van der Waals surface area (Å²) in [6.45, 7) is 0. The van der Waals surface area contributed by atoms with Crippen LogP contribution >= 0.6 is 0 Å². The van der Waals surface area contributed by atoms with Crippen molar-refractivity contribution >= 4 is 16.9 Å². The molecule has 0 amide bonds. The molecule has 0 radical (unpaired) electrons. The minimum absolute atomic E-state index is 0.193. The van der Waals surface area contributed by atoms with Crippen LogP contribution in [0.1, 0.15) is 0 Å². The molecule has 0 aliphatic carbocycles. The lowest BCUT2D eigenvalue weighted by molar-refractivity contribution is 0.415. The fourth-order valence-electron chi connectivity index (χ4n) is 3.35. The second kappa shape index (κ2) is 8.35. The normalized spacial score (nSPS) is 11.6. The van der Waals surface area contributed by atoms with Crippen LogP contribution in [0.15, 0.2) is 100 Å². The summed E-state index contributed by atoms with van der Waals surface area (Å²) in [4.78, 5) is 13.8. The molecule has 6 nitrogen and oxygen atoms in total. The first-order valence-corrected chi connectivity index (χ1v) is 10.0. The van der Waals surface area contributed by atoms with E-state index in [2.05, 4.69) is 15.0 Å². The molecular formula is C26H19N3O3. The molecule has 5 rings (SSSR count). The molecule has 0 saturated carbocycles. The first-order chi connectivity index (χ1) is 15.7. The minimum atomic E-state index is 0.193. The number of phenolic OH excluding ortho intramolecular Hbond substituents is 1. The van der Waals surface area contributed by atoms with Crippen LogP contribution in [-0.4, -0.2) is 22.2 Å². The molecule has 0 aliphatic rings. The number of hydrogen-bond acceptors (Lipinski definition) is 6. The van der Waals surface area contributed by atoms with Gasteiger partial charge >= 0.3 is 0 Å². The molecular weight excluding hydrogens is 402 g/mol. The van der Waals surface area contributed by atoms with Crippen molar-refractivity contribution in [1.82, 2.24) is 9.97 Å². The van der Waals surface area contributed by atoms with Crippen LogP contribution in [0.3, 0.4) is 0 Å². The lowest BCUT2D eigenvalue weighted by atomic mass is 10.1. The van der Waals surface area contributed by atoms with Crippen LogP contribution in [-0.2, 0) is 0 Å². The maximum atomic E-state index is 9.65. The van der Waals surface area contributed by atoms with Gasteiger partial charge in [0.05, 0.1) is 18.5 Å². The largest absolute Gasteiger partial charge is 0.508 e. The van der Waals surface area contributed by atoms with Gasteiger partial charge in [-0.25, -0.2) is 9.97 Å². The molecule has 0 spiro atoms. The molecule has 0 atom stereocenters. The van der Waals surface area contributed by atoms with Crippen molar-refractivity contribution in [3.63, 3.8) is 0 Å². The quantitative estimate of drug-likeness (QED) is 0.414. The van der Waals surface area contributed by atoms with Crippen molar-refractivity contribution in [3.8, 4) is 34.0 Å². The van der Waals surface area contributed by atoms with Crippen LogP contribution in [0.2, 0.25) is 0 Å². The Morgan fingerprint density at radius 1 is 0.781 bits per heavy atom. The van der Waals surface area contributed by atoms with Crippen LogP contribution < -0.4 is 10.3 Å². The van der Waals surface area contributed by atoms with Gasteiger partial charge in [-0.3, -0.25) is 0 Å². The van der Waals surface area contributed by atoms with Gasteiger partial charge in [0.1, 0.15) is 17.1 Å². The molecule has 6 heteroatoms. The Hall–Kier alpha value is -4.45. The highest BCUT2D eigenvalue weighted by molar-refractivity contribution is 5.75. The fraction of sp³-hybridized carbons (Fsp3) is 0.0385. The summed E-state index contributed by atoms with van der Waals surface area (Å²) in [5.41, 5.74) is 4.29. The predicted octanol–water partition coefficient (Wildman–Crippen LogP) is 5.50. The van der Waals surface area contributed by atoms with Gasteiger partial charge in [-0.15, -0.1) is 0 Å². The molecule has 2 heterocycles. The maximum absolute atomic E-state index is 9.65. The zero-order chi connectivity index (χ0) is 21.9. The van der Waals surface area contributed by atoms with E-state index >= 15 is 0 Å². The van der Waals surface area contributed by atoms with Crippen molar-refractivity contribution in [2.45, 2.75) is 0 Å². The highest BCUT2D eigenvalue weighted by atomic mass is 16.5. The third-order valence-electron chi connectivity index (χ3n) is 5.01. The number of aromatic hydroxyl groups is 1. The Balaban J connectivity index is 1.66.